The minimum atomic E-state index is 0.00894. The highest BCUT2D eigenvalue weighted by molar-refractivity contribution is 7.11. The largest absolute Gasteiger partial charge is 0.331 e. The molecule has 23 heavy (non-hydrogen) atoms. The highest BCUT2D eigenvalue weighted by Crippen LogP contribution is 2.40. The summed E-state index contributed by atoms with van der Waals surface area (Å²) < 4.78 is 0. The Morgan fingerprint density at radius 1 is 1.39 bits per heavy atom. The fourth-order valence-electron chi connectivity index (χ4n) is 2.77. The predicted octanol–water partition coefficient (Wildman–Crippen LogP) is 4.08. The molecule has 1 aliphatic carbocycles. The predicted molar refractivity (Wildman–Crippen MR) is 94.8 cm³/mol. The maximum atomic E-state index is 12.3. The Morgan fingerprint density at radius 2 is 2.30 bits per heavy atom. The number of thiazole rings is 1. The highest BCUT2D eigenvalue weighted by Gasteiger charge is 2.26. The molecule has 2 aliphatic rings. The molecule has 0 aromatic carbocycles. The molecule has 0 atom stereocenters. The van der Waals surface area contributed by atoms with Crippen LogP contribution in [0.25, 0.3) is 5.57 Å². The molecule has 1 aliphatic heterocycles. The molecule has 0 unspecified atom stereocenters. The molecule has 120 valence electrons. The number of amides is 2. The number of thiophene rings is 1. The smallest absolute Gasteiger partial charge is 0.318 e. The van der Waals surface area contributed by atoms with Crippen LogP contribution in [0, 0.1) is 0 Å². The molecule has 0 radical (unpaired) electrons. The van der Waals surface area contributed by atoms with Crippen LogP contribution in [0.15, 0.2) is 29.0 Å². The zero-order valence-corrected chi connectivity index (χ0v) is 14.5. The van der Waals surface area contributed by atoms with Crippen LogP contribution in [0.2, 0.25) is 0 Å². The van der Waals surface area contributed by atoms with Crippen LogP contribution < -0.4 is 5.32 Å². The molecule has 0 spiro atoms. The van der Waals surface area contributed by atoms with E-state index < -0.39 is 0 Å². The Bertz CT molecular complexity index is 716. The first kappa shape index (κ1) is 14.9. The molecule has 2 aromatic heterocycles. The fraction of sp³-hybridized carbons (Fsp3) is 0.412. The first-order valence-corrected chi connectivity index (χ1v) is 9.75. The molecule has 2 aromatic rings. The van der Waals surface area contributed by atoms with E-state index in [9.17, 15) is 4.79 Å². The quantitative estimate of drug-likeness (QED) is 0.907. The minimum absolute atomic E-state index is 0.00894. The van der Waals surface area contributed by atoms with Crippen LogP contribution in [-0.2, 0) is 6.54 Å². The van der Waals surface area contributed by atoms with E-state index in [0.717, 1.165) is 18.0 Å². The van der Waals surface area contributed by atoms with Gasteiger partial charge in [0.2, 0.25) is 0 Å². The zero-order chi connectivity index (χ0) is 15.6. The number of nitrogens with one attached hydrogen (secondary N) is 1. The van der Waals surface area contributed by atoms with Gasteiger partial charge in [-0.25, -0.2) is 9.78 Å². The SMILES string of the molecule is O=C(NCc1nc(C2CC2)cs1)N1CC=C(c2cccs2)CC1. The van der Waals surface area contributed by atoms with Crippen LogP contribution in [0.3, 0.4) is 0 Å². The summed E-state index contributed by atoms with van der Waals surface area (Å²) in [4.78, 5) is 20.1. The Labute approximate surface area is 143 Å². The number of hydrogen-bond donors (Lipinski definition) is 1. The van der Waals surface area contributed by atoms with Crippen molar-refractivity contribution in [3.05, 3.63) is 44.5 Å². The van der Waals surface area contributed by atoms with Gasteiger partial charge in [0, 0.05) is 29.3 Å². The Balaban J connectivity index is 1.29. The number of rotatable bonds is 4. The first-order valence-electron chi connectivity index (χ1n) is 7.99. The second-order valence-corrected chi connectivity index (χ2v) is 7.89. The molecule has 0 bridgehead atoms. The van der Waals surface area contributed by atoms with Crippen molar-refractivity contribution >= 4 is 34.3 Å². The lowest BCUT2D eigenvalue weighted by atomic mass is 10.1. The summed E-state index contributed by atoms with van der Waals surface area (Å²) in [5, 5.41) is 8.24. The van der Waals surface area contributed by atoms with Crippen molar-refractivity contribution in [3.63, 3.8) is 0 Å². The average Bonchev–Trinajstić information content (AvgIpc) is 3.11. The van der Waals surface area contributed by atoms with Gasteiger partial charge in [0.1, 0.15) is 5.01 Å². The van der Waals surface area contributed by atoms with Gasteiger partial charge in [-0.1, -0.05) is 12.1 Å². The Hall–Kier alpha value is -1.66. The van der Waals surface area contributed by atoms with Gasteiger partial charge in [0.15, 0.2) is 0 Å². The molecule has 1 N–H and O–H groups in total. The summed E-state index contributed by atoms with van der Waals surface area (Å²) in [6.45, 7) is 2.00. The van der Waals surface area contributed by atoms with E-state index in [4.69, 9.17) is 0 Å². The monoisotopic (exact) mass is 345 g/mol. The maximum absolute atomic E-state index is 12.3. The summed E-state index contributed by atoms with van der Waals surface area (Å²) in [6, 6.07) is 4.23. The van der Waals surface area contributed by atoms with E-state index >= 15 is 0 Å². The van der Waals surface area contributed by atoms with E-state index in [2.05, 4.69) is 39.3 Å². The summed E-state index contributed by atoms with van der Waals surface area (Å²) in [5.74, 6) is 0.679. The molecular weight excluding hydrogens is 326 g/mol. The van der Waals surface area contributed by atoms with E-state index in [1.807, 2.05) is 4.90 Å². The van der Waals surface area contributed by atoms with Crippen LogP contribution >= 0.6 is 22.7 Å². The summed E-state index contributed by atoms with van der Waals surface area (Å²) in [7, 11) is 0. The lowest BCUT2D eigenvalue weighted by Gasteiger charge is -2.26. The van der Waals surface area contributed by atoms with E-state index in [1.54, 1.807) is 22.7 Å². The van der Waals surface area contributed by atoms with Gasteiger partial charge < -0.3 is 10.2 Å². The second-order valence-electron chi connectivity index (χ2n) is 6.00. The second kappa shape index (κ2) is 6.45. The highest BCUT2D eigenvalue weighted by atomic mass is 32.1. The summed E-state index contributed by atoms with van der Waals surface area (Å²) in [5.41, 5.74) is 2.57. The standard InChI is InChI=1S/C17H19N3OS2/c21-17(18-10-16-19-14(11-23-16)12-3-4-12)20-7-5-13(6-8-20)15-2-1-9-22-15/h1-2,5,9,11-12H,3-4,6-8,10H2,(H,18,21). The number of hydrogen-bond acceptors (Lipinski definition) is 4. The molecule has 2 amide bonds. The molecule has 4 nitrogen and oxygen atoms in total. The van der Waals surface area contributed by atoms with Gasteiger partial charge in [-0.3, -0.25) is 0 Å². The molecule has 1 saturated carbocycles. The van der Waals surface area contributed by atoms with Gasteiger partial charge in [-0.15, -0.1) is 22.7 Å². The Morgan fingerprint density at radius 3 is 3.00 bits per heavy atom. The summed E-state index contributed by atoms with van der Waals surface area (Å²) >= 11 is 3.41. The van der Waals surface area contributed by atoms with Gasteiger partial charge in [0.25, 0.3) is 0 Å². The number of urea groups is 1. The number of aromatic nitrogens is 1. The fourth-order valence-corrected chi connectivity index (χ4v) is 4.39. The number of nitrogens with zero attached hydrogens (tertiary/aromatic N) is 2. The van der Waals surface area contributed by atoms with Crippen LogP contribution in [0.4, 0.5) is 4.79 Å². The third kappa shape index (κ3) is 3.48. The van der Waals surface area contributed by atoms with E-state index in [1.165, 1.54) is 29.0 Å². The maximum Gasteiger partial charge on any atom is 0.318 e. The van der Waals surface area contributed by atoms with E-state index in [0.29, 0.717) is 19.0 Å². The van der Waals surface area contributed by atoms with Gasteiger partial charge >= 0.3 is 6.03 Å². The van der Waals surface area contributed by atoms with Crippen LogP contribution in [0.1, 0.15) is 40.8 Å². The van der Waals surface area contributed by atoms with Crippen LogP contribution in [-0.4, -0.2) is 29.0 Å². The number of carbonyl (C=O) groups is 1. The molecule has 0 saturated heterocycles. The van der Waals surface area contributed by atoms with Crippen molar-refractivity contribution in [1.29, 1.82) is 0 Å². The van der Waals surface area contributed by atoms with E-state index in [-0.39, 0.29) is 6.03 Å². The van der Waals surface area contributed by atoms with Gasteiger partial charge in [-0.2, -0.15) is 0 Å². The zero-order valence-electron chi connectivity index (χ0n) is 12.8. The van der Waals surface area contributed by atoms with Gasteiger partial charge in [0.05, 0.1) is 12.2 Å². The first-order chi connectivity index (χ1) is 11.3. The molecule has 6 heteroatoms. The van der Waals surface area contributed by atoms with Crippen molar-refractivity contribution < 1.29 is 4.79 Å². The van der Waals surface area contributed by atoms with Crippen molar-refractivity contribution in [2.75, 3.05) is 13.1 Å². The van der Waals surface area contributed by atoms with Crippen LogP contribution in [0.5, 0.6) is 0 Å². The minimum Gasteiger partial charge on any atom is -0.331 e. The summed E-state index contributed by atoms with van der Waals surface area (Å²) in [6.07, 6.45) is 5.63. The van der Waals surface area contributed by atoms with Crippen molar-refractivity contribution in [1.82, 2.24) is 15.2 Å². The average molecular weight is 345 g/mol. The lowest BCUT2D eigenvalue weighted by Crippen LogP contribution is -2.41. The molecular formula is C17H19N3OS2. The van der Waals surface area contributed by atoms with Crippen molar-refractivity contribution in [2.45, 2.75) is 31.7 Å². The molecule has 4 rings (SSSR count). The van der Waals surface area contributed by atoms with Gasteiger partial charge in [-0.05, 0) is 36.3 Å². The Kier molecular flexibility index (Phi) is 4.18. The lowest BCUT2D eigenvalue weighted by molar-refractivity contribution is 0.202. The van der Waals surface area contributed by atoms with Crippen molar-refractivity contribution in [2.24, 2.45) is 0 Å². The molecule has 3 heterocycles. The van der Waals surface area contributed by atoms with Crippen molar-refractivity contribution in [3.8, 4) is 0 Å². The topological polar surface area (TPSA) is 45.2 Å². The normalized spacial score (nSPS) is 17.9. The third-order valence-electron chi connectivity index (χ3n) is 4.29. The molecule has 1 fully saturated rings. The third-order valence-corrected chi connectivity index (χ3v) is 6.10. The number of carbonyl (C=O) groups excluding carboxylic acids is 1.